The molecular weight excluding hydrogens is 793 g/mol. The molecule has 0 aliphatic heterocycles. The maximum atomic E-state index is 12.8. The fourth-order valence-corrected chi connectivity index (χ4v) is 8.92. The number of hydrogen-bond donors (Lipinski definition) is 0. The fourth-order valence-electron chi connectivity index (χ4n) is 8.92. The van der Waals surface area contributed by atoms with Crippen LogP contribution < -0.4 is 0 Å². The van der Waals surface area contributed by atoms with E-state index in [9.17, 15) is 14.4 Å². The topological polar surface area (TPSA) is 78.9 Å². The van der Waals surface area contributed by atoms with Gasteiger partial charge in [-0.1, -0.05) is 291 Å². The summed E-state index contributed by atoms with van der Waals surface area (Å²) in [5.74, 6) is 0.00252. The van der Waals surface area contributed by atoms with E-state index in [1.807, 2.05) is 0 Å². The van der Waals surface area contributed by atoms with Crippen molar-refractivity contribution in [3.8, 4) is 0 Å². The summed E-state index contributed by atoms with van der Waals surface area (Å²) in [5, 5.41) is 0. The smallest absolute Gasteiger partial charge is 0.306 e. The summed E-state index contributed by atoms with van der Waals surface area (Å²) in [7, 11) is 0. The van der Waals surface area contributed by atoms with Gasteiger partial charge in [0.15, 0.2) is 6.10 Å². The number of unbranched alkanes of at least 4 members (excludes halogenated alkanes) is 40. The van der Waals surface area contributed by atoms with Crippen molar-refractivity contribution >= 4 is 17.9 Å². The van der Waals surface area contributed by atoms with Crippen LogP contribution in [-0.4, -0.2) is 37.2 Å². The van der Waals surface area contributed by atoms with E-state index in [1.54, 1.807) is 0 Å². The van der Waals surface area contributed by atoms with E-state index < -0.39 is 6.10 Å². The molecule has 380 valence electrons. The molecular formula is C58H112O6. The van der Waals surface area contributed by atoms with Crippen LogP contribution in [0.4, 0.5) is 0 Å². The third-order valence-corrected chi connectivity index (χ3v) is 13.3. The van der Waals surface area contributed by atoms with E-state index in [0.29, 0.717) is 19.3 Å². The first-order valence-electron chi connectivity index (χ1n) is 28.9. The summed E-state index contributed by atoms with van der Waals surface area (Å²) in [4.78, 5) is 38.1. The van der Waals surface area contributed by atoms with Crippen molar-refractivity contribution in [2.75, 3.05) is 13.2 Å². The van der Waals surface area contributed by atoms with Crippen LogP contribution in [-0.2, 0) is 28.6 Å². The Balaban J connectivity index is 4.23. The van der Waals surface area contributed by atoms with E-state index in [0.717, 1.165) is 63.7 Å². The Labute approximate surface area is 399 Å². The Bertz CT molecular complexity index is 964. The Hall–Kier alpha value is -1.59. The number of carbonyl (C=O) groups is 3. The van der Waals surface area contributed by atoms with Gasteiger partial charge in [0.1, 0.15) is 13.2 Å². The molecule has 1 atom stereocenters. The first-order valence-corrected chi connectivity index (χ1v) is 28.9. The van der Waals surface area contributed by atoms with Crippen molar-refractivity contribution < 1.29 is 28.6 Å². The number of esters is 3. The monoisotopic (exact) mass is 905 g/mol. The number of hydrogen-bond acceptors (Lipinski definition) is 6. The highest BCUT2D eigenvalue weighted by Gasteiger charge is 2.19. The molecule has 64 heavy (non-hydrogen) atoms. The molecule has 0 heterocycles. The summed E-state index contributed by atoms with van der Waals surface area (Å²) < 4.78 is 16.9. The molecule has 0 radical (unpaired) electrons. The normalized spacial score (nSPS) is 12.0. The molecule has 6 nitrogen and oxygen atoms in total. The van der Waals surface area contributed by atoms with Gasteiger partial charge >= 0.3 is 17.9 Å². The Kier molecular flexibility index (Phi) is 51.1. The summed E-state index contributed by atoms with van der Waals surface area (Å²) in [6.45, 7) is 9.05. The fraction of sp³-hybridized carbons (Fsp3) is 0.948. The molecule has 0 spiro atoms. The zero-order valence-electron chi connectivity index (χ0n) is 43.8. The van der Waals surface area contributed by atoms with Crippen molar-refractivity contribution in [1.29, 1.82) is 0 Å². The third kappa shape index (κ3) is 51.4. The molecule has 0 aromatic rings. The molecule has 6 heteroatoms. The highest BCUT2D eigenvalue weighted by molar-refractivity contribution is 5.71. The molecule has 0 aromatic carbocycles. The molecule has 0 aliphatic carbocycles. The summed E-state index contributed by atoms with van der Waals surface area (Å²) in [6, 6.07) is 0. The first kappa shape index (κ1) is 62.4. The highest BCUT2D eigenvalue weighted by atomic mass is 16.6. The van der Waals surface area contributed by atoms with Crippen molar-refractivity contribution in [3.05, 3.63) is 0 Å². The van der Waals surface area contributed by atoms with Crippen LogP contribution in [0.5, 0.6) is 0 Å². The van der Waals surface area contributed by atoms with E-state index in [2.05, 4.69) is 27.7 Å². The van der Waals surface area contributed by atoms with Gasteiger partial charge in [0.2, 0.25) is 0 Å². The van der Waals surface area contributed by atoms with Gasteiger partial charge in [-0.05, 0) is 25.2 Å². The van der Waals surface area contributed by atoms with Gasteiger partial charge in [-0.25, -0.2) is 0 Å². The van der Waals surface area contributed by atoms with Gasteiger partial charge in [0.05, 0.1) is 0 Å². The van der Waals surface area contributed by atoms with Gasteiger partial charge in [-0.2, -0.15) is 0 Å². The van der Waals surface area contributed by atoms with E-state index in [1.165, 1.54) is 225 Å². The number of rotatable bonds is 53. The van der Waals surface area contributed by atoms with Gasteiger partial charge in [-0.15, -0.1) is 0 Å². The number of ether oxygens (including phenoxy) is 3. The van der Waals surface area contributed by atoms with Crippen LogP contribution in [0.15, 0.2) is 0 Å². The minimum Gasteiger partial charge on any atom is -0.462 e. The van der Waals surface area contributed by atoms with Crippen LogP contribution in [0.3, 0.4) is 0 Å². The molecule has 0 amide bonds. The van der Waals surface area contributed by atoms with Crippen LogP contribution in [0, 0.1) is 5.92 Å². The maximum Gasteiger partial charge on any atom is 0.306 e. The summed E-state index contributed by atoms with van der Waals surface area (Å²) >= 11 is 0. The van der Waals surface area contributed by atoms with E-state index in [4.69, 9.17) is 14.2 Å². The molecule has 0 aromatic heterocycles. The van der Waals surface area contributed by atoms with Gasteiger partial charge in [0.25, 0.3) is 0 Å². The zero-order chi connectivity index (χ0) is 46.7. The molecule has 0 rings (SSSR count). The van der Waals surface area contributed by atoms with Gasteiger partial charge in [0, 0.05) is 19.3 Å². The quantitative estimate of drug-likeness (QED) is 0.0344. The standard InChI is InChI=1S/C58H112O6/c1-5-7-9-11-13-15-17-18-19-20-21-22-23-26-30-33-37-41-45-49-56(59)62-52-55(64-58(61)51-47-43-39-35-28-16-14-12-10-8-6-2)53-63-57(60)50-46-42-38-34-31-27-24-25-29-32-36-40-44-48-54(3)4/h54-55H,5-53H2,1-4H3/t55-/m1/s1. The maximum absolute atomic E-state index is 12.8. The summed E-state index contributed by atoms with van der Waals surface area (Å²) in [6.07, 6.45) is 56.7. The lowest BCUT2D eigenvalue weighted by Gasteiger charge is -2.18. The summed E-state index contributed by atoms with van der Waals surface area (Å²) in [5.41, 5.74) is 0. The average Bonchev–Trinajstić information content (AvgIpc) is 3.28. The third-order valence-electron chi connectivity index (χ3n) is 13.3. The molecule has 0 saturated carbocycles. The highest BCUT2D eigenvalue weighted by Crippen LogP contribution is 2.18. The molecule has 0 unspecified atom stereocenters. The zero-order valence-corrected chi connectivity index (χ0v) is 43.8. The average molecular weight is 906 g/mol. The molecule has 0 aliphatic rings. The number of carbonyl (C=O) groups excluding carboxylic acids is 3. The lowest BCUT2D eigenvalue weighted by Crippen LogP contribution is -2.30. The van der Waals surface area contributed by atoms with Gasteiger partial charge in [-0.3, -0.25) is 14.4 Å². The minimum absolute atomic E-state index is 0.0620. The lowest BCUT2D eigenvalue weighted by molar-refractivity contribution is -0.167. The van der Waals surface area contributed by atoms with Crippen LogP contribution in [0.25, 0.3) is 0 Å². The van der Waals surface area contributed by atoms with Crippen LogP contribution in [0.2, 0.25) is 0 Å². The van der Waals surface area contributed by atoms with Crippen LogP contribution in [0.1, 0.15) is 329 Å². The molecule has 0 bridgehead atoms. The SMILES string of the molecule is CCCCCCCCCCCCCCCCCCCCCC(=O)OC[C@H](COC(=O)CCCCCCCCCCCCCCCC(C)C)OC(=O)CCCCCCCCCCCCC. The first-order chi connectivity index (χ1) is 31.4. The molecule has 0 saturated heterocycles. The van der Waals surface area contributed by atoms with Crippen molar-refractivity contribution in [1.82, 2.24) is 0 Å². The molecule has 0 N–H and O–H groups in total. The Morgan fingerprint density at radius 1 is 0.297 bits per heavy atom. The Morgan fingerprint density at radius 2 is 0.516 bits per heavy atom. The minimum atomic E-state index is -0.761. The predicted octanol–water partition coefficient (Wildman–Crippen LogP) is 19.0. The van der Waals surface area contributed by atoms with Crippen LogP contribution >= 0.6 is 0 Å². The second-order valence-electron chi connectivity index (χ2n) is 20.4. The van der Waals surface area contributed by atoms with Crippen molar-refractivity contribution in [2.45, 2.75) is 336 Å². The van der Waals surface area contributed by atoms with Crippen molar-refractivity contribution in [3.63, 3.8) is 0 Å². The van der Waals surface area contributed by atoms with Gasteiger partial charge < -0.3 is 14.2 Å². The van der Waals surface area contributed by atoms with Crippen molar-refractivity contribution in [2.24, 2.45) is 5.92 Å². The van der Waals surface area contributed by atoms with E-state index >= 15 is 0 Å². The largest absolute Gasteiger partial charge is 0.462 e. The Morgan fingerprint density at radius 3 is 0.766 bits per heavy atom. The second kappa shape index (κ2) is 52.4. The second-order valence-corrected chi connectivity index (χ2v) is 20.4. The predicted molar refractivity (Wildman–Crippen MR) is 275 cm³/mol. The molecule has 0 fully saturated rings. The lowest BCUT2D eigenvalue weighted by atomic mass is 10.0. The van der Waals surface area contributed by atoms with E-state index in [-0.39, 0.29) is 31.1 Å².